The first-order chi connectivity index (χ1) is 11.6. The van der Waals surface area contributed by atoms with Crippen molar-refractivity contribution < 1.29 is 9.32 Å². The van der Waals surface area contributed by atoms with Crippen molar-refractivity contribution in [2.24, 2.45) is 0 Å². The number of aromatic nitrogens is 3. The molecule has 120 valence electrons. The molecule has 1 amide bonds. The first-order valence-corrected chi connectivity index (χ1v) is 7.73. The lowest BCUT2D eigenvalue weighted by Gasteiger charge is -2.08. The summed E-state index contributed by atoms with van der Waals surface area (Å²) in [5.41, 5.74) is 1.43. The molecule has 0 saturated heterocycles. The second-order valence-electron chi connectivity index (χ2n) is 5.81. The van der Waals surface area contributed by atoms with Gasteiger partial charge in [0, 0.05) is 10.9 Å². The third kappa shape index (κ3) is 2.42. The molecule has 6 nitrogen and oxygen atoms in total. The van der Waals surface area contributed by atoms with E-state index < -0.39 is 0 Å². The minimum atomic E-state index is -0.359. The van der Waals surface area contributed by atoms with Crippen LogP contribution >= 0.6 is 0 Å². The summed E-state index contributed by atoms with van der Waals surface area (Å²) in [5, 5.41) is 9.90. The highest BCUT2D eigenvalue weighted by Crippen LogP contribution is 2.26. The second-order valence-corrected chi connectivity index (χ2v) is 5.81. The molecule has 2 N–H and O–H groups in total. The van der Waals surface area contributed by atoms with Gasteiger partial charge in [-0.05, 0) is 36.8 Å². The molecule has 0 spiro atoms. The van der Waals surface area contributed by atoms with Crippen LogP contribution in [0.4, 0.5) is 0 Å². The number of hydrogen-bond donors (Lipinski definition) is 2. The van der Waals surface area contributed by atoms with Gasteiger partial charge in [-0.15, -0.1) is 0 Å². The fraction of sp³-hybridized carbons (Fsp3) is 0.167. The highest BCUT2D eigenvalue weighted by molar-refractivity contribution is 6.09. The number of benzene rings is 2. The van der Waals surface area contributed by atoms with Crippen LogP contribution in [0.3, 0.4) is 0 Å². The molecule has 0 bridgehead atoms. The average Bonchev–Trinajstić information content (AvgIpc) is 3.21. The minimum absolute atomic E-state index is 0.210. The average molecular weight is 320 g/mol. The molecule has 0 saturated carbocycles. The van der Waals surface area contributed by atoms with Crippen molar-refractivity contribution in [3.05, 3.63) is 59.9 Å². The summed E-state index contributed by atoms with van der Waals surface area (Å²) in [5.74, 6) is 0.726. The van der Waals surface area contributed by atoms with Gasteiger partial charge in [0.05, 0.1) is 0 Å². The van der Waals surface area contributed by atoms with Gasteiger partial charge in [-0.25, -0.2) is 0 Å². The van der Waals surface area contributed by atoms with Crippen LogP contribution in [0.5, 0.6) is 0 Å². The van der Waals surface area contributed by atoms with Gasteiger partial charge in [0.2, 0.25) is 5.89 Å². The quantitative estimate of drug-likeness (QED) is 0.605. The van der Waals surface area contributed by atoms with E-state index in [2.05, 4.69) is 32.6 Å². The first-order valence-electron chi connectivity index (χ1n) is 7.73. The lowest BCUT2D eigenvalue weighted by molar-refractivity contribution is 0.0928. The summed E-state index contributed by atoms with van der Waals surface area (Å²) >= 11 is 0. The number of fused-ring (bicyclic) bond motifs is 3. The SMILES string of the molecule is Cc1noc(C(C)NC(=O)c2cc3c(ccc4ccccc43)[nH]2)n1. The molecule has 2 aromatic carbocycles. The number of nitrogens with zero attached hydrogens (tertiary/aromatic N) is 2. The van der Waals surface area contributed by atoms with E-state index in [1.165, 1.54) is 0 Å². The maximum atomic E-state index is 12.5. The van der Waals surface area contributed by atoms with Crippen molar-refractivity contribution in [2.45, 2.75) is 19.9 Å². The second kappa shape index (κ2) is 5.49. The van der Waals surface area contributed by atoms with Crippen LogP contribution in [0.25, 0.3) is 21.7 Å². The van der Waals surface area contributed by atoms with E-state index in [1.807, 2.05) is 37.3 Å². The molecule has 4 aromatic rings. The first kappa shape index (κ1) is 14.4. The van der Waals surface area contributed by atoms with Crippen LogP contribution in [0.1, 0.15) is 35.2 Å². The van der Waals surface area contributed by atoms with Crippen LogP contribution < -0.4 is 5.32 Å². The number of rotatable bonds is 3. The van der Waals surface area contributed by atoms with Crippen LogP contribution in [-0.4, -0.2) is 21.0 Å². The van der Waals surface area contributed by atoms with Crippen LogP contribution in [0.15, 0.2) is 47.0 Å². The van der Waals surface area contributed by atoms with Gasteiger partial charge in [0.1, 0.15) is 11.7 Å². The number of H-pyrrole nitrogens is 1. The molecule has 4 rings (SSSR count). The number of aromatic amines is 1. The standard InChI is InChI=1S/C18H16N4O2/c1-10(18-20-11(2)22-24-18)19-17(23)16-9-14-13-6-4-3-5-12(13)7-8-15(14)21-16/h3-10,21H,1-2H3,(H,19,23). The largest absolute Gasteiger partial charge is 0.351 e. The molecule has 2 heterocycles. The molecule has 1 atom stereocenters. The van der Waals surface area contributed by atoms with Crippen molar-refractivity contribution in [1.82, 2.24) is 20.4 Å². The fourth-order valence-electron chi connectivity index (χ4n) is 2.83. The van der Waals surface area contributed by atoms with Gasteiger partial charge in [-0.1, -0.05) is 35.5 Å². The predicted molar refractivity (Wildman–Crippen MR) is 90.7 cm³/mol. The predicted octanol–water partition coefficient (Wildman–Crippen LogP) is 3.50. The molecule has 0 aliphatic rings. The lowest BCUT2D eigenvalue weighted by Crippen LogP contribution is -2.27. The number of amides is 1. The topological polar surface area (TPSA) is 83.8 Å². The Bertz CT molecular complexity index is 1050. The third-order valence-corrected chi connectivity index (χ3v) is 4.03. The normalized spacial score (nSPS) is 12.6. The Morgan fingerprint density at radius 3 is 2.83 bits per heavy atom. The number of carbonyl (C=O) groups is 1. The van der Waals surface area contributed by atoms with Crippen molar-refractivity contribution in [3.8, 4) is 0 Å². The Balaban J connectivity index is 1.66. The maximum Gasteiger partial charge on any atom is 0.268 e. The number of aryl methyl sites for hydroxylation is 1. The van der Waals surface area contributed by atoms with Gasteiger partial charge in [-0.2, -0.15) is 4.98 Å². The summed E-state index contributed by atoms with van der Waals surface area (Å²) in [6.45, 7) is 3.55. The van der Waals surface area contributed by atoms with Gasteiger partial charge in [0.15, 0.2) is 5.82 Å². The van der Waals surface area contributed by atoms with Crippen LogP contribution in [-0.2, 0) is 0 Å². The zero-order chi connectivity index (χ0) is 16.7. The number of carbonyl (C=O) groups excluding carboxylic acids is 1. The van der Waals surface area contributed by atoms with Crippen LogP contribution in [0, 0.1) is 6.92 Å². The van der Waals surface area contributed by atoms with Gasteiger partial charge in [-0.3, -0.25) is 4.79 Å². The Morgan fingerprint density at radius 2 is 2.04 bits per heavy atom. The smallest absolute Gasteiger partial charge is 0.268 e. The van der Waals surface area contributed by atoms with Gasteiger partial charge >= 0.3 is 0 Å². The fourth-order valence-corrected chi connectivity index (χ4v) is 2.83. The molecular formula is C18H16N4O2. The number of nitrogens with one attached hydrogen (secondary N) is 2. The molecule has 6 heteroatoms. The minimum Gasteiger partial charge on any atom is -0.351 e. The van der Waals surface area contributed by atoms with Crippen molar-refractivity contribution in [1.29, 1.82) is 0 Å². The summed E-state index contributed by atoms with van der Waals surface area (Å²) in [6.07, 6.45) is 0. The summed E-state index contributed by atoms with van der Waals surface area (Å²) < 4.78 is 5.09. The molecule has 24 heavy (non-hydrogen) atoms. The zero-order valence-electron chi connectivity index (χ0n) is 13.3. The molecule has 0 aliphatic carbocycles. The highest BCUT2D eigenvalue weighted by Gasteiger charge is 2.18. The highest BCUT2D eigenvalue weighted by atomic mass is 16.5. The van der Waals surface area contributed by atoms with Gasteiger partial charge < -0.3 is 14.8 Å². The zero-order valence-corrected chi connectivity index (χ0v) is 13.3. The van der Waals surface area contributed by atoms with Crippen molar-refractivity contribution >= 4 is 27.6 Å². The van der Waals surface area contributed by atoms with E-state index in [4.69, 9.17) is 4.52 Å². The van der Waals surface area contributed by atoms with Crippen molar-refractivity contribution in [2.75, 3.05) is 0 Å². The summed E-state index contributed by atoms with van der Waals surface area (Å²) in [7, 11) is 0. The van der Waals surface area contributed by atoms with E-state index in [0.717, 1.165) is 21.7 Å². The maximum absolute atomic E-state index is 12.5. The van der Waals surface area contributed by atoms with E-state index in [1.54, 1.807) is 6.92 Å². The van der Waals surface area contributed by atoms with Crippen LogP contribution in [0.2, 0.25) is 0 Å². The Kier molecular flexibility index (Phi) is 3.30. The Labute approximate surface area is 137 Å². The molecule has 2 aromatic heterocycles. The summed E-state index contributed by atoms with van der Waals surface area (Å²) in [6, 6.07) is 13.6. The third-order valence-electron chi connectivity index (χ3n) is 4.03. The lowest BCUT2D eigenvalue weighted by atomic mass is 10.1. The van der Waals surface area contributed by atoms with E-state index >= 15 is 0 Å². The Hall–Kier alpha value is -3.15. The molecule has 0 aliphatic heterocycles. The van der Waals surface area contributed by atoms with Gasteiger partial charge in [0.25, 0.3) is 5.91 Å². The molecule has 0 radical (unpaired) electrons. The summed E-state index contributed by atoms with van der Waals surface area (Å²) in [4.78, 5) is 19.8. The number of hydrogen-bond acceptors (Lipinski definition) is 4. The van der Waals surface area contributed by atoms with Crippen molar-refractivity contribution in [3.63, 3.8) is 0 Å². The van der Waals surface area contributed by atoms with E-state index in [0.29, 0.717) is 17.4 Å². The molecular weight excluding hydrogens is 304 g/mol. The Morgan fingerprint density at radius 1 is 1.21 bits per heavy atom. The monoisotopic (exact) mass is 320 g/mol. The van der Waals surface area contributed by atoms with E-state index in [9.17, 15) is 4.79 Å². The molecule has 0 fully saturated rings. The van der Waals surface area contributed by atoms with E-state index in [-0.39, 0.29) is 11.9 Å². The molecule has 1 unspecified atom stereocenters.